The van der Waals surface area contributed by atoms with E-state index in [2.05, 4.69) is 5.10 Å². The second kappa shape index (κ2) is 5.77. The first-order valence-electron chi connectivity index (χ1n) is 6.69. The molecule has 0 saturated carbocycles. The Morgan fingerprint density at radius 1 is 1.25 bits per heavy atom. The van der Waals surface area contributed by atoms with Crippen molar-refractivity contribution >= 4 is 5.97 Å². The van der Waals surface area contributed by atoms with Crippen LogP contribution >= 0.6 is 0 Å². The molecule has 2 aromatic rings. The number of aromatic carboxylic acids is 1. The molecule has 0 atom stereocenters. The number of phenolic OH excluding ortho intramolecular Hbond substituents is 1. The highest BCUT2D eigenvalue weighted by molar-refractivity contribution is 5.89. The second-order valence-electron chi connectivity index (χ2n) is 4.69. The number of hydrogen-bond donors (Lipinski definition) is 2. The summed E-state index contributed by atoms with van der Waals surface area (Å²) in [6.45, 7) is 4.07. The van der Waals surface area contributed by atoms with E-state index in [4.69, 9.17) is 0 Å². The molecule has 1 aromatic carbocycles. The minimum atomic E-state index is -0.961. The minimum absolute atomic E-state index is 0.136. The van der Waals surface area contributed by atoms with Crippen molar-refractivity contribution in [3.63, 3.8) is 0 Å². The van der Waals surface area contributed by atoms with Gasteiger partial charge in [0.15, 0.2) is 0 Å². The highest BCUT2D eigenvalue weighted by Gasteiger charge is 2.23. The number of phenols is 1. The molecular formula is C15H18N2O3. The van der Waals surface area contributed by atoms with E-state index in [-0.39, 0.29) is 17.2 Å². The number of carboxylic acid groups (broad SMARTS) is 1. The Morgan fingerprint density at radius 3 is 2.35 bits per heavy atom. The summed E-state index contributed by atoms with van der Waals surface area (Å²) in [6, 6.07) is 6.57. The van der Waals surface area contributed by atoms with Crippen molar-refractivity contribution in [2.75, 3.05) is 0 Å². The molecule has 0 fully saturated rings. The van der Waals surface area contributed by atoms with Crippen molar-refractivity contribution in [3.8, 4) is 11.4 Å². The van der Waals surface area contributed by atoms with Crippen LogP contribution in [-0.4, -0.2) is 26.0 Å². The molecule has 5 heteroatoms. The van der Waals surface area contributed by atoms with Gasteiger partial charge in [0.2, 0.25) is 0 Å². The van der Waals surface area contributed by atoms with E-state index in [9.17, 15) is 15.0 Å². The normalized spacial score (nSPS) is 10.9. The lowest BCUT2D eigenvalue weighted by atomic mass is 9.96. The van der Waals surface area contributed by atoms with Crippen molar-refractivity contribution in [2.45, 2.75) is 32.6 Å². The molecule has 2 N–H and O–H groups in total. The molecule has 0 aliphatic carbocycles. The molecule has 0 unspecified atom stereocenters. The van der Waals surface area contributed by atoms with Gasteiger partial charge in [0.25, 0.3) is 0 Å². The van der Waals surface area contributed by atoms with Crippen LogP contribution in [0.1, 0.15) is 48.7 Å². The van der Waals surface area contributed by atoms with Gasteiger partial charge in [-0.25, -0.2) is 9.48 Å². The van der Waals surface area contributed by atoms with Gasteiger partial charge in [0.1, 0.15) is 11.3 Å². The van der Waals surface area contributed by atoms with Crippen molar-refractivity contribution in [2.24, 2.45) is 0 Å². The van der Waals surface area contributed by atoms with E-state index >= 15 is 0 Å². The SMILES string of the molecule is CCC(CC)c1c(C(=O)O)cnn1-c1ccc(O)cc1. The van der Waals surface area contributed by atoms with Crippen molar-refractivity contribution in [1.82, 2.24) is 9.78 Å². The standard InChI is InChI=1S/C15H18N2O3/c1-3-10(4-2)14-13(15(19)20)9-16-17(14)11-5-7-12(18)8-6-11/h5-10,18H,3-4H2,1-2H3,(H,19,20). The first-order chi connectivity index (χ1) is 9.58. The molecule has 0 amide bonds. The zero-order valence-electron chi connectivity index (χ0n) is 11.6. The topological polar surface area (TPSA) is 75.3 Å². The molecule has 1 heterocycles. The lowest BCUT2D eigenvalue weighted by molar-refractivity contribution is 0.0695. The number of carboxylic acids is 1. The number of aromatic nitrogens is 2. The maximum absolute atomic E-state index is 11.4. The Hall–Kier alpha value is -2.30. The molecule has 0 bridgehead atoms. The molecule has 0 radical (unpaired) electrons. The zero-order chi connectivity index (χ0) is 14.7. The largest absolute Gasteiger partial charge is 0.508 e. The summed E-state index contributed by atoms with van der Waals surface area (Å²) >= 11 is 0. The molecular weight excluding hydrogens is 256 g/mol. The number of carbonyl (C=O) groups is 1. The molecule has 0 aliphatic rings. The summed E-state index contributed by atoms with van der Waals surface area (Å²) in [6.07, 6.45) is 3.09. The number of nitrogens with zero attached hydrogens (tertiary/aromatic N) is 2. The monoisotopic (exact) mass is 274 g/mol. The number of rotatable bonds is 5. The lowest BCUT2D eigenvalue weighted by Crippen LogP contribution is -2.11. The van der Waals surface area contributed by atoms with Gasteiger partial charge in [-0.3, -0.25) is 0 Å². The predicted octanol–water partition coefficient (Wildman–Crippen LogP) is 3.18. The quantitative estimate of drug-likeness (QED) is 0.878. The molecule has 5 nitrogen and oxygen atoms in total. The number of hydrogen-bond acceptors (Lipinski definition) is 3. The summed E-state index contributed by atoms with van der Waals surface area (Å²) in [5, 5.41) is 22.9. The van der Waals surface area contributed by atoms with E-state index < -0.39 is 5.97 Å². The molecule has 0 spiro atoms. The van der Waals surface area contributed by atoms with Gasteiger partial charge in [-0.05, 0) is 37.1 Å². The van der Waals surface area contributed by atoms with Crippen LogP contribution in [0.4, 0.5) is 0 Å². The Balaban J connectivity index is 2.58. The minimum Gasteiger partial charge on any atom is -0.508 e. The molecule has 1 aromatic heterocycles. The highest BCUT2D eigenvalue weighted by atomic mass is 16.4. The number of aromatic hydroxyl groups is 1. The smallest absolute Gasteiger partial charge is 0.339 e. The molecule has 0 saturated heterocycles. The Morgan fingerprint density at radius 2 is 1.85 bits per heavy atom. The van der Waals surface area contributed by atoms with Crippen LogP contribution < -0.4 is 0 Å². The molecule has 0 aliphatic heterocycles. The fourth-order valence-electron chi connectivity index (χ4n) is 2.39. The maximum Gasteiger partial charge on any atom is 0.339 e. The molecule has 20 heavy (non-hydrogen) atoms. The van der Waals surface area contributed by atoms with Crippen LogP contribution in [0.5, 0.6) is 5.75 Å². The van der Waals surface area contributed by atoms with Gasteiger partial charge < -0.3 is 10.2 Å². The van der Waals surface area contributed by atoms with Crippen LogP contribution in [-0.2, 0) is 0 Å². The van der Waals surface area contributed by atoms with E-state index in [1.54, 1.807) is 28.9 Å². The maximum atomic E-state index is 11.4. The van der Waals surface area contributed by atoms with Gasteiger partial charge >= 0.3 is 5.97 Å². The van der Waals surface area contributed by atoms with Gasteiger partial charge in [-0.2, -0.15) is 5.10 Å². The third-order valence-corrected chi connectivity index (χ3v) is 3.50. The van der Waals surface area contributed by atoms with Crippen LogP contribution in [0.25, 0.3) is 5.69 Å². The van der Waals surface area contributed by atoms with E-state index in [0.29, 0.717) is 5.69 Å². The summed E-state index contributed by atoms with van der Waals surface area (Å²) in [5.41, 5.74) is 1.71. The summed E-state index contributed by atoms with van der Waals surface area (Å²) < 4.78 is 1.65. The van der Waals surface area contributed by atoms with Gasteiger partial charge in [0, 0.05) is 5.92 Å². The Bertz CT molecular complexity index is 598. The Kier molecular flexibility index (Phi) is 4.08. The van der Waals surface area contributed by atoms with Crippen molar-refractivity contribution in [1.29, 1.82) is 0 Å². The van der Waals surface area contributed by atoms with Crippen LogP contribution in [0.2, 0.25) is 0 Å². The third kappa shape index (κ3) is 2.52. The van der Waals surface area contributed by atoms with Crippen molar-refractivity contribution < 1.29 is 15.0 Å². The first kappa shape index (κ1) is 14.1. The summed E-state index contributed by atoms with van der Waals surface area (Å²) in [7, 11) is 0. The summed E-state index contributed by atoms with van der Waals surface area (Å²) in [5.74, 6) is -0.655. The van der Waals surface area contributed by atoms with E-state index in [0.717, 1.165) is 18.5 Å². The first-order valence-corrected chi connectivity index (χ1v) is 6.69. The van der Waals surface area contributed by atoms with Crippen molar-refractivity contribution in [3.05, 3.63) is 41.7 Å². The van der Waals surface area contributed by atoms with E-state index in [1.165, 1.54) is 6.20 Å². The van der Waals surface area contributed by atoms with E-state index in [1.807, 2.05) is 13.8 Å². The molecule has 106 valence electrons. The fraction of sp³-hybridized carbons (Fsp3) is 0.333. The Labute approximate surface area is 117 Å². The predicted molar refractivity (Wildman–Crippen MR) is 75.5 cm³/mol. The second-order valence-corrected chi connectivity index (χ2v) is 4.69. The number of benzene rings is 1. The highest BCUT2D eigenvalue weighted by Crippen LogP contribution is 2.29. The average molecular weight is 274 g/mol. The zero-order valence-corrected chi connectivity index (χ0v) is 11.6. The average Bonchev–Trinajstić information content (AvgIpc) is 2.86. The summed E-state index contributed by atoms with van der Waals surface area (Å²) in [4.78, 5) is 11.4. The van der Waals surface area contributed by atoms with Crippen LogP contribution in [0.3, 0.4) is 0 Å². The van der Waals surface area contributed by atoms with Gasteiger partial charge in [0.05, 0.1) is 17.6 Å². The fourth-order valence-corrected chi connectivity index (χ4v) is 2.39. The lowest BCUT2D eigenvalue weighted by Gasteiger charge is -2.16. The van der Waals surface area contributed by atoms with Crippen LogP contribution in [0.15, 0.2) is 30.5 Å². The van der Waals surface area contributed by atoms with Crippen LogP contribution in [0, 0.1) is 0 Å². The third-order valence-electron chi connectivity index (χ3n) is 3.50. The molecule has 2 rings (SSSR count). The van der Waals surface area contributed by atoms with Gasteiger partial charge in [-0.1, -0.05) is 13.8 Å². The van der Waals surface area contributed by atoms with Gasteiger partial charge in [-0.15, -0.1) is 0 Å².